The van der Waals surface area contributed by atoms with Crippen molar-refractivity contribution >= 4 is 23.5 Å². The highest BCUT2D eigenvalue weighted by molar-refractivity contribution is 7.80. The molecule has 21 heavy (non-hydrogen) atoms. The van der Waals surface area contributed by atoms with Crippen LogP contribution in [0.5, 0.6) is 11.5 Å². The van der Waals surface area contributed by atoms with E-state index in [1.165, 1.54) is 0 Å². The van der Waals surface area contributed by atoms with E-state index >= 15 is 0 Å². The fraction of sp³-hybridized carbons (Fsp3) is 0.385. The van der Waals surface area contributed by atoms with Gasteiger partial charge in [-0.05, 0) is 36.0 Å². The maximum Gasteiger partial charge on any atom is 0.191 e. The van der Waals surface area contributed by atoms with Crippen LogP contribution in [0.25, 0.3) is 0 Å². The van der Waals surface area contributed by atoms with E-state index in [0.717, 1.165) is 5.56 Å². The van der Waals surface area contributed by atoms with E-state index in [2.05, 4.69) is 22.7 Å². The average Bonchev–Trinajstić information content (AvgIpc) is 2.98. The second-order valence-electron chi connectivity index (χ2n) is 4.13. The quantitative estimate of drug-likeness (QED) is 0.452. The highest BCUT2D eigenvalue weighted by atomic mass is 32.1. The normalized spacial score (nSPS) is 15.3. The Morgan fingerprint density at radius 3 is 2.90 bits per heavy atom. The Kier molecular flexibility index (Phi) is 5.73. The highest BCUT2D eigenvalue weighted by Crippen LogP contribution is 2.28. The molecule has 8 heteroatoms. The van der Waals surface area contributed by atoms with E-state index in [1.807, 2.05) is 6.07 Å². The van der Waals surface area contributed by atoms with Crippen molar-refractivity contribution in [2.75, 3.05) is 26.9 Å². The van der Waals surface area contributed by atoms with Crippen LogP contribution in [-0.2, 0) is 9.47 Å². The third-order valence-electron chi connectivity index (χ3n) is 2.64. The van der Waals surface area contributed by atoms with Crippen LogP contribution < -0.4 is 20.6 Å². The molecule has 114 valence electrons. The number of methoxy groups -OCH3 is 1. The van der Waals surface area contributed by atoms with Crippen molar-refractivity contribution in [2.24, 2.45) is 10.8 Å². The van der Waals surface area contributed by atoms with E-state index in [4.69, 9.17) is 24.7 Å². The van der Waals surface area contributed by atoms with Crippen LogP contribution in [0.1, 0.15) is 5.56 Å². The Bertz CT molecular complexity index is 518. The zero-order valence-electron chi connectivity index (χ0n) is 11.6. The van der Waals surface area contributed by atoms with Crippen LogP contribution in [0.15, 0.2) is 23.3 Å². The highest BCUT2D eigenvalue weighted by Gasteiger charge is 2.17. The van der Waals surface area contributed by atoms with Gasteiger partial charge in [-0.15, -0.1) is 0 Å². The Balaban J connectivity index is 2.02. The molecule has 0 radical (unpaired) electrons. The van der Waals surface area contributed by atoms with Gasteiger partial charge in [-0.1, -0.05) is 0 Å². The summed E-state index contributed by atoms with van der Waals surface area (Å²) < 4.78 is 21.6. The fourth-order valence-electron chi connectivity index (χ4n) is 1.72. The van der Waals surface area contributed by atoms with Crippen LogP contribution in [0.4, 0.5) is 0 Å². The first kappa shape index (κ1) is 15.5. The number of benzene rings is 1. The summed E-state index contributed by atoms with van der Waals surface area (Å²) in [5, 5.41) is 3.99. The number of hydrogen-bond acceptors (Lipinski definition) is 6. The lowest BCUT2D eigenvalue weighted by Crippen LogP contribution is -2.24. The second kappa shape index (κ2) is 7.77. The fourth-order valence-corrected chi connectivity index (χ4v) is 1.77. The molecule has 0 spiro atoms. The molecule has 0 saturated carbocycles. The minimum Gasteiger partial charge on any atom is -0.493 e. The molecule has 1 saturated heterocycles. The first-order chi connectivity index (χ1) is 10.2. The van der Waals surface area contributed by atoms with E-state index in [0.29, 0.717) is 31.3 Å². The van der Waals surface area contributed by atoms with Crippen LogP contribution in [-0.4, -0.2) is 44.5 Å². The van der Waals surface area contributed by atoms with Crippen LogP contribution in [0.2, 0.25) is 0 Å². The minimum atomic E-state index is -0.344. The van der Waals surface area contributed by atoms with Crippen molar-refractivity contribution in [3.05, 3.63) is 23.8 Å². The summed E-state index contributed by atoms with van der Waals surface area (Å²) in [6.07, 6.45) is 1.23. The van der Waals surface area contributed by atoms with Crippen molar-refractivity contribution in [1.29, 1.82) is 0 Å². The van der Waals surface area contributed by atoms with Crippen molar-refractivity contribution in [3.63, 3.8) is 0 Å². The van der Waals surface area contributed by atoms with Gasteiger partial charge in [0.1, 0.15) is 6.61 Å². The number of hydrogen-bond donors (Lipinski definition) is 2. The molecule has 1 aliphatic heterocycles. The summed E-state index contributed by atoms with van der Waals surface area (Å²) in [6.45, 7) is 1.47. The summed E-state index contributed by atoms with van der Waals surface area (Å²) in [4.78, 5) is 0. The van der Waals surface area contributed by atoms with Gasteiger partial charge < -0.3 is 24.7 Å². The summed E-state index contributed by atoms with van der Waals surface area (Å²) in [5.41, 5.74) is 8.58. The Labute approximate surface area is 128 Å². The largest absolute Gasteiger partial charge is 0.493 e. The molecule has 1 fully saturated rings. The Morgan fingerprint density at radius 1 is 1.48 bits per heavy atom. The second-order valence-corrected chi connectivity index (χ2v) is 4.57. The molecular weight excluding hydrogens is 294 g/mol. The van der Waals surface area contributed by atoms with Gasteiger partial charge in [0, 0.05) is 0 Å². The smallest absolute Gasteiger partial charge is 0.191 e. The first-order valence-corrected chi connectivity index (χ1v) is 6.72. The number of rotatable bonds is 6. The van der Waals surface area contributed by atoms with Gasteiger partial charge in [0.05, 0.1) is 26.5 Å². The molecule has 0 amide bonds. The van der Waals surface area contributed by atoms with Gasteiger partial charge in [0.15, 0.2) is 22.9 Å². The molecule has 3 N–H and O–H groups in total. The number of ether oxygens (including phenoxy) is 4. The van der Waals surface area contributed by atoms with E-state index in [9.17, 15) is 0 Å². The monoisotopic (exact) mass is 311 g/mol. The lowest BCUT2D eigenvalue weighted by molar-refractivity contribution is -0.0687. The third-order valence-corrected chi connectivity index (χ3v) is 2.73. The number of thiocarbonyl (C=S) groups is 1. The van der Waals surface area contributed by atoms with E-state index < -0.39 is 0 Å². The zero-order chi connectivity index (χ0) is 15.1. The molecule has 0 aliphatic carbocycles. The molecule has 0 bridgehead atoms. The van der Waals surface area contributed by atoms with Gasteiger partial charge in [-0.2, -0.15) is 5.10 Å². The summed E-state index contributed by atoms with van der Waals surface area (Å²) in [5.74, 6) is 1.20. The molecule has 1 heterocycles. The molecule has 2 rings (SSSR count). The van der Waals surface area contributed by atoms with Gasteiger partial charge in [-0.25, -0.2) is 0 Å². The number of nitrogens with two attached hydrogens (primary N) is 1. The average molecular weight is 311 g/mol. The SMILES string of the molecule is COc1ccc(C=NNC(N)=S)cc1OCC1OCCO1. The molecule has 0 aromatic heterocycles. The van der Waals surface area contributed by atoms with Crippen LogP contribution >= 0.6 is 12.2 Å². The number of nitrogens with one attached hydrogen (secondary N) is 1. The minimum absolute atomic E-state index is 0.103. The van der Waals surface area contributed by atoms with E-state index in [1.54, 1.807) is 25.5 Å². The van der Waals surface area contributed by atoms with E-state index in [-0.39, 0.29) is 11.4 Å². The molecule has 1 aromatic carbocycles. The van der Waals surface area contributed by atoms with Crippen molar-refractivity contribution in [1.82, 2.24) is 5.43 Å². The lowest BCUT2D eigenvalue weighted by atomic mass is 10.2. The van der Waals surface area contributed by atoms with Crippen LogP contribution in [0, 0.1) is 0 Å². The van der Waals surface area contributed by atoms with Gasteiger partial charge in [0.2, 0.25) is 0 Å². The maximum absolute atomic E-state index is 5.67. The zero-order valence-corrected chi connectivity index (χ0v) is 12.4. The molecule has 0 atom stereocenters. The number of hydrazone groups is 1. The molecule has 1 aliphatic rings. The molecule has 1 aromatic rings. The topological polar surface area (TPSA) is 87.3 Å². The molecule has 7 nitrogen and oxygen atoms in total. The van der Waals surface area contributed by atoms with Gasteiger partial charge in [-0.3, -0.25) is 5.43 Å². The Morgan fingerprint density at radius 2 is 2.24 bits per heavy atom. The van der Waals surface area contributed by atoms with Crippen LogP contribution in [0.3, 0.4) is 0 Å². The lowest BCUT2D eigenvalue weighted by Gasteiger charge is -2.14. The predicted molar refractivity (Wildman–Crippen MR) is 81.7 cm³/mol. The van der Waals surface area contributed by atoms with Gasteiger partial charge in [0.25, 0.3) is 0 Å². The number of nitrogens with zero attached hydrogens (tertiary/aromatic N) is 1. The summed E-state index contributed by atoms with van der Waals surface area (Å²) in [7, 11) is 1.58. The maximum atomic E-state index is 5.67. The molecular formula is C13H17N3O4S. The van der Waals surface area contributed by atoms with Crippen molar-refractivity contribution in [3.8, 4) is 11.5 Å². The standard InChI is InChI=1S/C13H17N3O4S/c1-17-10-3-2-9(7-15-16-13(14)21)6-11(10)20-8-12-18-4-5-19-12/h2-3,6-7,12H,4-5,8H2,1H3,(H3,14,16,21). The van der Waals surface area contributed by atoms with Crippen molar-refractivity contribution < 1.29 is 18.9 Å². The van der Waals surface area contributed by atoms with Crippen molar-refractivity contribution in [2.45, 2.75) is 6.29 Å². The first-order valence-electron chi connectivity index (χ1n) is 6.31. The molecule has 0 unspecified atom stereocenters. The third kappa shape index (κ3) is 4.85. The van der Waals surface area contributed by atoms with Gasteiger partial charge >= 0.3 is 0 Å². The summed E-state index contributed by atoms with van der Waals surface area (Å²) in [6, 6.07) is 5.41. The Hall–Kier alpha value is -1.90. The summed E-state index contributed by atoms with van der Waals surface area (Å²) >= 11 is 4.66. The predicted octanol–water partition coefficient (Wildman–Crippen LogP) is 0.614.